The first kappa shape index (κ1) is 31.2. The number of aliphatic hydroxyl groups is 2. The van der Waals surface area contributed by atoms with Crippen LogP contribution < -0.4 is 0 Å². The number of rotatable bonds is 4. The third-order valence-electron chi connectivity index (χ3n) is 8.10. The van der Waals surface area contributed by atoms with Gasteiger partial charge in [-0.15, -0.1) is 0 Å². The molecule has 0 spiro atoms. The van der Waals surface area contributed by atoms with Crippen LogP contribution in [0.4, 0.5) is 39.5 Å². The number of phenolic OH excluding ortho intramolecular Hbond substituents is 2. The summed E-state index contributed by atoms with van der Waals surface area (Å²) in [5.41, 5.74) is -13.5. The molecule has 1 atom stereocenters. The maximum absolute atomic E-state index is 14.0. The zero-order valence-electron chi connectivity index (χ0n) is 22.3. The molecular weight excluding hydrogens is 607 g/mol. The van der Waals surface area contributed by atoms with E-state index in [1.54, 1.807) is 24.3 Å². The number of fused-ring (bicyclic) bond motifs is 3. The molecule has 13 heteroatoms. The highest BCUT2D eigenvalue weighted by Crippen LogP contribution is 2.59. The molecule has 1 unspecified atom stereocenters. The maximum atomic E-state index is 14.0. The van der Waals surface area contributed by atoms with Crippen molar-refractivity contribution >= 4 is 0 Å². The summed E-state index contributed by atoms with van der Waals surface area (Å²) in [5, 5.41) is 41.4. The minimum absolute atomic E-state index is 0.188. The van der Waals surface area contributed by atoms with Crippen LogP contribution in [-0.4, -0.2) is 39.0 Å². The van der Waals surface area contributed by atoms with Crippen LogP contribution in [0.1, 0.15) is 40.3 Å². The van der Waals surface area contributed by atoms with E-state index in [1.165, 1.54) is 24.3 Å². The molecule has 0 amide bonds. The average Bonchev–Trinajstić information content (AvgIpc) is 3.22. The van der Waals surface area contributed by atoms with Gasteiger partial charge in [0.15, 0.2) is 5.60 Å². The van der Waals surface area contributed by atoms with Gasteiger partial charge in [-0.1, -0.05) is 60.7 Å². The van der Waals surface area contributed by atoms with Crippen molar-refractivity contribution in [3.05, 3.63) is 118 Å². The van der Waals surface area contributed by atoms with Gasteiger partial charge in [-0.05, 0) is 64.6 Å². The normalized spacial score (nSPS) is 16.3. The molecule has 0 bridgehead atoms. The molecule has 0 fully saturated rings. The molecular formula is C31H21F9O4. The summed E-state index contributed by atoms with van der Waals surface area (Å²) in [6.45, 7) is 0.375. The summed E-state index contributed by atoms with van der Waals surface area (Å²) in [4.78, 5) is 0. The number of benzene rings is 4. The molecule has 232 valence electrons. The first-order valence-corrected chi connectivity index (χ1v) is 12.7. The molecule has 0 radical (unpaired) electrons. The van der Waals surface area contributed by atoms with Crippen molar-refractivity contribution in [1.29, 1.82) is 0 Å². The highest BCUT2D eigenvalue weighted by Gasteiger charge is 2.72. The smallest absolute Gasteiger partial charge is 0.430 e. The molecule has 1 aliphatic rings. The van der Waals surface area contributed by atoms with Gasteiger partial charge in [0.2, 0.25) is 0 Å². The van der Waals surface area contributed by atoms with Gasteiger partial charge in [0.25, 0.3) is 5.60 Å². The van der Waals surface area contributed by atoms with E-state index in [0.29, 0.717) is 30.2 Å². The number of phenols is 2. The Labute approximate surface area is 243 Å². The minimum Gasteiger partial charge on any atom is -0.508 e. The topological polar surface area (TPSA) is 80.9 Å². The van der Waals surface area contributed by atoms with Crippen molar-refractivity contribution in [3.63, 3.8) is 0 Å². The molecule has 0 saturated heterocycles. The van der Waals surface area contributed by atoms with E-state index < -0.39 is 63.3 Å². The molecule has 0 saturated carbocycles. The fourth-order valence-corrected chi connectivity index (χ4v) is 5.86. The van der Waals surface area contributed by atoms with E-state index >= 15 is 0 Å². The summed E-state index contributed by atoms with van der Waals surface area (Å²) in [6, 6.07) is 16.8. The summed E-state index contributed by atoms with van der Waals surface area (Å²) >= 11 is 0. The second-order valence-electron chi connectivity index (χ2n) is 10.6. The van der Waals surface area contributed by atoms with E-state index in [-0.39, 0.29) is 16.7 Å². The summed E-state index contributed by atoms with van der Waals surface area (Å²) < 4.78 is 126. The molecule has 4 nitrogen and oxygen atoms in total. The molecule has 4 aromatic rings. The lowest BCUT2D eigenvalue weighted by atomic mass is 9.66. The minimum atomic E-state index is -6.36. The highest BCUT2D eigenvalue weighted by molar-refractivity contribution is 5.86. The standard InChI is InChI=1S/C31H21F9O4/c1-26(43,29(32,33)34)22-14-16(10-12-24(22)41)27(20-8-4-2-6-18(20)19-7-3-5-9-21(19)27)17-11-13-25(42)23(15-17)28(44,30(35,36)37)31(38,39)40/h2-15,41-44H,1H3. The molecule has 4 N–H and O–H groups in total. The average molecular weight is 628 g/mol. The SMILES string of the molecule is CC(O)(c1cc(C2(c3ccc(O)c(C(O)(C(F)(F)F)C(F)(F)F)c3)c3ccccc3-c3ccccc32)ccc1O)C(F)(F)F. The number of hydrogen-bond acceptors (Lipinski definition) is 4. The largest absolute Gasteiger partial charge is 0.508 e. The quantitative estimate of drug-likeness (QED) is 0.155. The van der Waals surface area contributed by atoms with Gasteiger partial charge in [0.05, 0.1) is 5.41 Å². The van der Waals surface area contributed by atoms with Gasteiger partial charge in [-0.3, -0.25) is 0 Å². The lowest BCUT2D eigenvalue weighted by Crippen LogP contribution is -2.54. The Bertz CT molecular complexity index is 1690. The van der Waals surface area contributed by atoms with E-state index in [1.807, 2.05) is 0 Å². The summed E-state index contributed by atoms with van der Waals surface area (Å²) in [7, 11) is 0. The fraction of sp³-hybridized carbons (Fsp3) is 0.226. The Hall–Kier alpha value is -4.23. The Balaban J connectivity index is 1.96. The molecule has 5 rings (SSSR count). The lowest BCUT2D eigenvalue weighted by molar-refractivity contribution is -0.376. The summed E-state index contributed by atoms with van der Waals surface area (Å²) in [5.74, 6) is -2.53. The van der Waals surface area contributed by atoms with Crippen molar-refractivity contribution in [1.82, 2.24) is 0 Å². The van der Waals surface area contributed by atoms with Crippen molar-refractivity contribution in [2.45, 2.75) is 42.1 Å². The Kier molecular flexibility index (Phi) is 6.83. The fourth-order valence-electron chi connectivity index (χ4n) is 5.86. The van der Waals surface area contributed by atoms with E-state index in [0.717, 1.165) is 24.3 Å². The van der Waals surface area contributed by atoms with Gasteiger partial charge in [0, 0.05) is 11.1 Å². The first-order chi connectivity index (χ1) is 20.2. The van der Waals surface area contributed by atoms with Crippen LogP contribution in [0, 0.1) is 0 Å². The molecule has 4 aromatic carbocycles. The zero-order valence-corrected chi connectivity index (χ0v) is 22.3. The molecule has 44 heavy (non-hydrogen) atoms. The second-order valence-corrected chi connectivity index (χ2v) is 10.6. The lowest BCUT2D eigenvalue weighted by Gasteiger charge is -2.37. The van der Waals surface area contributed by atoms with E-state index in [4.69, 9.17) is 0 Å². The van der Waals surface area contributed by atoms with Gasteiger partial charge in [0.1, 0.15) is 11.5 Å². The number of alkyl halides is 9. The van der Waals surface area contributed by atoms with Crippen molar-refractivity contribution in [2.75, 3.05) is 0 Å². The van der Waals surface area contributed by atoms with Crippen molar-refractivity contribution in [2.24, 2.45) is 0 Å². The third kappa shape index (κ3) is 4.16. The van der Waals surface area contributed by atoms with Crippen LogP contribution in [0.3, 0.4) is 0 Å². The van der Waals surface area contributed by atoms with Gasteiger partial charge < -0.3 is 20.4 Å². The molecule has 0 aliphatic heterocycles. The van der Waals surface area contributed by atoms with Crippen LogP contribution in [0.2, 0.25) is 0 Å². The Morgan fingerprint density at radius 1 is 0.523 bits per heavy atom. The highest BCUT2D eigenvalue weighted by atomic mass is 19.4. The number of hydrogen-bond donors (Lipinski definition) is 4. The second kappa shape index (κ2) is 9.63. The van der Waals surface area contributed by atoms with Crippen LogP contribution >= 0.6 is 0 Å². The zero-order chi connectivity index (χ0) is 32.7. The Morgan fingerprint density at radius 3 is 1.32 bits per heavy atom. The molecule has 0 heterocycles. The van der Waals surface area contributed by atoms with E-state index in [9.17, 15) is 59.9 Å². The third-order valence-corrected chi connectivity index (χ3v) is 8.10. The predicted octanol–water partition coefficient (Wildman–Crippen LogP) is 7.54. The number of halogens is 9. The first-order valence-electron chi connectivity index (χ1n) is 12.7. The molecule has 1 aliphatic carbocycles. The van der Waals surface area contributed by atoms with Gasteiger partial charge >= 0.3 is 18.5 Å². The van der Waals surface area contributed by atoms with Crippen LogP contribution in [0.5, 0.6) is 11.5 Å². The van der Waals surface area contributed by atoms with Crippen LogP contribution in [0.25, 0.3) is 11.1 Å². The van der Waals surface area contributed by atoms with E-state index in [2.05, 4.69) is 0 Å². The van der Waals surface area contributed by atoms with Crippen molar-refractivity contribution < 1.29 is 59.9 Å². The van der Waals surface area contributed by atoms with Gasteiger partial charge in [-0.2, -0.15) is 39.5 Å². The van der Waals surface area contributed by atoms with Crippen molar-refractivity contribution in [3.8, 4) is 22.6 Å². The Morgan fingerprint density at radius 2 is 0.909 bits per heavy atom. The maximum Gasteiger partial charge on any atom is 0.430 e. The van der Waals surface area contributed by atoms with Gasteiger partial charge in [-0.25, -0.2) is 0 Å². The van der Waals surface area contributed by atoms with Crippen LogP contribution in [-0.2, 0) is 16.6 Å². The molecule has 0 aromatic heterocycles. The van der Waals surface area contributed by atoms with Crippen LogP contribution in [0.15, 0.2) is 84.9 Å². The summed E-state index contributed by atoms with van der Waals surface area (Å²) in [6.07, 6.45) is -18.0. The monoisotopic (exact) mass is 628 g/mol. The predicted molar refractivity (Wildman–Crippen MR) is 139 cm³/mol. The number of aromatic hydroxyl groups is 2.